The zero-order valence-electron chi connectivity index (χ0n) is 10.2. The predicted molar refractivity (Wildman–Crippen MR) is 57.7 cm³/mol. The number of amides is 1. The minimum absolute atomic E-state index is 0.187. The van der Waals surface area contributed by atoms with E-state index < -0.39 is 29.6 Å². The Morgan fingerprint density at radius 2 is 1.88 bits per heavy atom. The largest absolute Gasteiger partial charge is 0.444 e. The lowest BCUT2D eigenvalue weighted by molar-refractivity contribution is -0.0149. The van der Waals surface area contributed by atoms with Crippen molar-refractivity contribution >= 4 is 6.09 Å². The van der Waals surface area contributed by atoms with Gasteiger partial charge in [0.2, 0.25) is 0 Å². The van der Waals surface area contributed by atoms with Gasteiger partial charge in [-0.2, -0.15) is 0 Å². The van der Waals surface area contributed by atoms with Crippen LogP contribution in [0, 0.1) is 11.8 Å². The number of hydrogen-bond donors (Lipinski definition) is 1. The van der Waals surface area contributed by atoms with Crippen molar-refractivity contribution in [3.05, 3.63) is 0 Å². The molecule has 6 heteroatoms. The number of nitrogens with two attached hydrogens (primary N) is 1. The first-order valence-corrected chi connectivity index (χ1v) is 5.74. The van der Waals surface area contributed by atoms with E-state index >= 15 is 0 Å². The molecule has 0 aromatic rings. The van der Waals surface area contributed by atoms with E-state index in [2.05, 4.69) is 0 Å². The minimum Gasteiger partial charge on any atom is -0.444 e. The van der Waals surface area contributed by atoms with Gasteiger partial charge in [-0.3, -0.25) is 0 Å². The molecule has 0 spiro atoms. The number of carbonyl (C=O) groups is 1. The van der Waals surface area contributed by atoms with Gasteiger partial charge in [-0.25, -0.2) is 13.6 Å². The monoisotopic (exact) mass is 248 g/mol. The van der Waals surface area contributed by atoms with Crippen molar-refractivity contribution < 1.29 is 18.3 Å². The molecule has 1 aliphatic carbocycles. The maximum Gasteiger partial charge on any atom is 0.410 e. The van der Waals surface area contributed by atoms with Gasteiger partial charge in [0.1, 0.15) is 5.60 Å². The average Bonchev–Trinajstić information content (AvgIpc) is 2.48. The summed E-state index contributed by atoms with van der Waals surface area (Å²) in [5.41, 5.74) is 4.74. The fourth-order valence-electron chi connectivity index (χ4n) is 2.20. The average molecular weight is 248 g/mol. The topological polar surface area (TPSA) is 55.6 Å². The molecule has 0 bridgehead atoms. The molecule has 2 aliphatic rings. The maximum atomic E-state index is 13.0. The van der Waals surface area contributed by atoms with Crippen molar-refractivity contribution in [2.45, 2.75) is 38.3 Å². The van der Waals surface area contributed by atoms with Crippen LogP contribution in [0.25, 0.3) is 0 Å². The normalized spacial score (nSPS) is 32.0. The van der Waals surface area contributed by atoms with E-state index in [1.165, 1.54) is 4.90 Å². The summed E-state index contributed by atoms with van der Waals surface area (Å²) in [6.07, 6.45) is -0.439. The number of rotatable bonds is 1. The Morgan fingerprint density at radius 1 is 1.41 bits per heavy atom. The molecule has 2 rings (SSSR count). The van der Waals surface area contributed by atoms with E-state index in [1.807, 2.05) is 0 Å². The first-order chi connectivity index (χ1) is 7.63. The van der Waals surface area contributed by atoms with E-state index in [0.29, 0.717) is 13.1 Å². The molecule has 1 heterocycles. The second kappa shape index (κ2) is 3.54. The highest BCUT2D eigenvalue weighted by molar-refractivity contribution is 5.69. The van der Waals surface area contributed by atoms with Crippen LogP contribution in [-0.4, -0.2) is 41.6 Å². The molecule has 1 saturated heterocycles. The second-order valence-electron chi connectivity index (χ2n) is 5.87. The number of nitrogens with zero attached hydrogens (tertiary/aromatic N) is 1. The van der Waals surface area contributed by atoms with Crippen LogP contribution < -0.4 is 5.73 Å². The summed E-state index contributed by atoms with van der Waals surface area (Å²) in [4.78, 5) is 13.0. The maximum absolute atomic E-state index is 13.0. The van der Waals surface area contributed by atoms with Gasteiger partial charge in [-0.05, 0) is 20.8 Å². The summed E-state index contributed by atoms with van der Waals surface area (Å²) < 4.78 is 31.1. The third-order valence-electron chi connectivity index (χ3n) is 3.24. The van der Waals surface area contributed by atoms with Crippen molar-refractivity contribution in [3.8, 4) is 0 Å². The number of carbonyl (C=O) groups excluding carboxylic acids is 1. The SMILES string of the molecule is CC(C)(C)OC(=O)N1CC(C2[C@H](N)C2(F)F)C1. The third-order valence-corrected chi connectivity index (χ3v) is 3.24. The Morgan fingerprint density at radius 3 is 2.24 bits per heavy atom. The minimum atomic E-state index is -2.75. The molecule has 1 unspecified atom stereocenters. The van der Waals surface area contributed by atoms with Crippen molar-refractivity contribution in [2.24, 2.45) is 17.6 Å². The first kappa shape index (κ1) is 12.5. The predicted octanol–water partition coefficient (Wildman–Crippen LogP) is 1.45. The molecule has 2 N–H and O–H groups in total. The Kier molecular flexibility index (Phi) is 2.61. The zero-order chi connectivity index (χ0) is 13.0. The van der Waals surface area contributed by atoms with Crippen molar-refractivity contribution in [1.82, 2.24) is 4.90 Å². The molecular weight excluding hydrogens is 230 g/mol. The van der Waals surface area contributed by atoms with E-state index in [-0.39, 0.29) is 5.92 Å². The summed E-state index contributed by atoms with van der Waals surface area (Å²) in [7, 11) is 0. The van der Waals surface area contributed by atoms with Gasteiger partial charge in [0.25, 0.3) is 5.92 Å². The first-order valence-electron chi connectivity index (χ1n) is 5.74. The molecule has 2 atom stereocenters. The van der Waals surface area contributed by atoms with Gasteiger partial charge in [0.15, 0.2) is 0 Å². The molecule has 1 amide bonds. The molecule has 98 valence electrons. The van der Waals surface area contributed by atoms with Crippen LogP contribution in [0.2, 0.25) is 0 Å². The third kappa shape index (κ3) is 2.22. The Bertz CT molecular complexity index is 335. The molecule has 4 nitrogen and oxygen atoms in total. The summed E-state index contributed by atoms with van der Waals surface area (Å²) in [5, 5.41) is 0. The standard InChI is InChI=1S/C11H18F2N2O2/c1-10(2,3)17-9(16)15-4-6(5-15)7-8(14)11(7,12)13/h6-8H,4-5,14H2,1-3H3/t7?,8-/m0/s1. The van der Waals surface area contributed by atoms with Crippen LogP contribution in [-0.2, 0) is 4.74 Å². The molecule has 2 fully saturated rings. The molecule has 0 radical (unpaired) electrons. The van der Waals surface area contributed by atoms with Crippen molar-refractivity contribution in [3.63, 3.8) is 0 Å². The van der Waals surface area contributed by atoms with Crippen molar-refractivity contribution in [2.75, 3.05) is 13.1 Å². The van der Waals surface area contributed by atoms with Crippen LogP contribution in [0.1, 0.15) is 20.8 Å². The number of likely N-dealkylation sites (tertiary alicyclic amines) is 1. The van der Waals surface area contributed by atoms with Gasteiger partial charge >= 0.3 is 6.09 Å². The molecule has 0 aromatic carbocycles. The lowest BCUT2D eigenvalue weighted by atomic mass is 9.94. The Balaban J connectivity index is 1.78. The number of halogens is 2. The summed E-state index contributed by atoms with van der Waals surface area (Å²) in [6, 6.07) is -1.03. The second-order valence-corrected chi connectivity index (χ2v) is 5.87. The molecule has 1 aliphatic heterocycles. The van der Waals surface area contributed by atoms with E-state index in [4.69, 9.17) is 10.5 Å². The van der Waals surface area contributed by atoms with Gasteiger partial charge < -0.3 is 15.4 Å². The number of alkyl halides is 2. The highest BCUT2D eigenvalue weighted by atomic mass is 19.3. The number of hydrogen-bond acceptors (Lipinski definition) is 3. The highest BCUT2D eigenvalue weighted by Gasteiger charge is 2.70. The molecular formula is C11H18F2N2O2. The van der Waals surface area contributed by atoms with Gasteiger partial charge in [-0.15, -0.1) is 0 Å². The Labute approximate surface area is 99.1 Å². The quantitative estimate of drug-likeness (QED) is 0.764. The van der Waals surface area contributed by atoms with Crippen LogP contribution >= 0.6 is 0 Å². The number of ether oxygens (including phenoxy) is 1. The molecule has 0 aromatic heterocycles. The Hall–Kier alpha value is -0.910. The lowest BCUT2D eigenvalue weighted by Gasteiger charge is -2.40. The lowest BCUT2D eigenvalue weighted by Crippen LogP contribution is -2.53. The summed E-state index contributed by atoms with van der Waals surface area (Å²) in [5.74, 6) is -3.70. The van der Waals surface area contributed by atoms with Gasteiger partial charge in [-0.1, -0.05) is 0 Å². The highest BCUT2D eigenvalue weighted by Crippen LogP contribution is 2.53. The fraction of sp³-hybridized carbons (Fsp3) is 0.909. The van der Waals surface area contributed by atoms with E-state index in [0.717, 1.165) is 0 Å². The smallest absolute Gasteiger partial charge is 0.410 e. The summed E-state index contributed by atoms with van der Waals surface area (Å²) in [6.45, 7) is 5.96. The van der Waals surface area contributed by atoms with Crippen LogP contribution in [0.4, 0.5) is 13.6 Å². The van der Waals surface area contributed by atoms with Crippen molar-refractivity contribution in [1.29, 1.82) is 0 Å². The van der Waals surface area contributed by atoms with E-state index in [1.54, 1.807) is 20.8 Å². The molecule has 1 saturated carbocycles. The van der Waals surface area contributed by atoms with Gasteiger partial charge in [0, 0.05) is 19.0 Å². The summed E-state index contributed by atoms with van der Waals surface area (Å²) >= 11 is 0. The van der Waals surface area contributed by atoms with E-state index in [9.17, 15) is 13.6 Å². The van der Waals surface area contributed by atoms with Crippen LogP contribution in [0.3, 0.4) is 0 Å². The zero-order valence-corrected chi connectivity index (χ0v) is 10.2. The molecule has 17 heavy (non-hydrogen) atoms. The van der Waals surface area contributed by atoms with Gasteiger partial charge in [0.05, 0.1) is 12.0 Å². The fourth-order valence-corrected chi connectivity index (χ4v) is 2.20. The van der Waals surface area contributed by atoms with Crippen LogP contribution in [0.5, 0.6) is 0 Å². The van der Waals surface area contributed by atoms with Crippen LogP contribution in [0.15, 0.2) is 0 Å².